The molecule has 1 aromatic rings. The molecule has 2 atom stereocenters. The first-order chi connectivity index (χ1) is 11.3. The summed E-state index contributed by atoms with van der Waals surface area (Å²) >= 11 is 0. The van der Waals surface area contributed by atoms with Crippen LogP contribution in [0.1, 0.15) is 26.3 Å². The fourth-order valence-corrected chi connectivity index (χ4v) is 3.02. The Hall–Kier alpha value is -1.43. The molecule has 1 fully saturated rings. The van der Waals surface area contributed by atoms with Gasteiger partial charge in [-0.3, -0.25) is 9.69 Å². The van der Waals surface area contributed by atoms with Gasteiger partial charge in [0.2, 0.25) is 5.91 Å². The largest absolute Gasteiger partial charge is 0.391 e. The Morgan fingerprint density at radius 2 is 1.79 bits per heavy atom. The Bertz CT molecular complexity index is 525. The summed E-state index contributed by atoms with van der Waals surface area (Å²) in [5.74, 6) is -0.0216. The Morgan fingerprint density at radius 3 is 2.38 bits per heavy atom. The van der Waals surface area contributed by atoms with Crippen molar-refractivity contribution in [2.24, 2.45) is 0 Å². The van der Waals surface area contributed by atoms with E-state index in [1.165, 1.54) is 0 Å². The third kappa shape index (κ3) is 4.79. The fourth-order valence-electron chi connectivity index (χ4n) is 3.02. The number of piperazine rings is 1. The Labute approximate surface area is 145 Å². The van der Waals surface area contributed by atoms with Crippen LogP contribution in [-0.4, -0.2) is 71.7 Å². The van der Waals surface area contributed by atoms with Gasteiger partial charge < -0.3 is 15.3 Å². The molecular weight excluding hydrogens is 302 g/mol. The minimum Gasteiger partial charge on any atom is -0.391 e. The lowest BCUT2D eigenvalue weighted by Crippen LogP contribution is -2.61. The summed E-state index contributed by atoms with van der Waals surface area (Å²) in [7, 11) is 2.10. The highest BCUT2D eigenvalue weighted by Crippen LogP contribution is 2.17. The molecule has 0 bridgehead atoms. The molecule has 0 radical (unpaired) electrons. The van der Waals surface area contributed by atoms with Gasteiger partial charge in [0.05, 0.1) is 17.7 Å². The number of carbonyl (C=O) groups excluding carboxylic acids is 1. The van der Waals surface area contributed by atoms with Crippen LogP contribution in [0.2, 0.25) is 0 Å². The van der Waals surface area contributed by atoms with Crippen molar-refractivity contribution in [2.45, 2.75) is 44.9 Å². The summed E-state index contributed by atoms with van der Waals surface area (Å²) in [6.45, 7) is 9.51. The molecule has 0 aromatic heterocycles. The van der Waals surface area contributed by atoms with Crippen molar-refractivity contribution < 1.29 is 9.90 Å². The molecule has 2 rings (SSSR count). The van der Waals surface area contributed by atoms with E-state index in [0.29, 0.717) is 6.42 Å². The molecular formula is C19H31N3O2. The van der Waals surface area contributed by atoms with E-state index in [1.54, 1.807) is 0 Å². The summed E-state index contributed by atoms with van der Waals surface area (Å²) in [6, 6.07) is 9.57. The number of nitrogens with zero attached hydrogens (tertiary/aromatic N) is 2. The van der Waals surface area contributed by atoms with Gasteiger partial charge >= 0.3 is 0 Å². The lowest BCUT2D eigenvalue weighted by Gasteiger charge is -2.42. The van der Waals surface area contributed by atoms with Crippen molar-refractivity contribution in [2.75, 3.05) is 33.2 Å². The smallest absolute Gasteiger partial charge is 0.240 e. The molecule has 1 aromatic carbocycles. The Morgan fingerprint density at radius 1 is 1.21 bits per heavy atom. The SMILES string of the molecule is CC(NC(=O)C(C)(C)N1CCN(C)CC1)C(O)Cc1ccccc1. The lowest BCUT2D eigenvalue weighted by molar-refractivity contribution is -0.134. The minimum atomic E-state index is -0.598. The molecule has 2 N–H and O–H groups in total. The molecule has 1 aliphatic rings. The molecule has 5 nitrogen and oxygen atoms in total. The first-order valence-electron chi connectivity index (χ1n) is 8.77. The van der Waals surface area contributed by atoms with Crippen LogP contribution in [-0.2, 0) is 11.2 Å². The van der Waals surface area contributed by atoms with Gasteiger partial charge in [-0.15, -0.1) is 0 Å². The second-order valence-corrected chi connectivity index (χ2v) is 7.37. The number of carbonyl (C=O) groups is 1. The van der Waals surface area contributed by atoms with E-state index < -0.39 is 11.6 Å². The van der Waals surface area contributed by atoms with Crippen LogP contribution in [0.25, 0.3) is 0 Å². The van der Waals surface area contributed by atoms with Crippen molar-refractivity contribution in [3.05, 3.63) is 35.9 Å². The monoisotopic (exact) mass is 333 g/mol. The molecule has 1 saturated heterocycles. The number of hydrogen-bond acceptors (Lipinski definition) is 4. The van der Waals surface area contributed by atoms with Gasteiger partial charge in [0.1, 0.15) is 0 Å². The molecule has 1 heterocycles. The zero-order valence-corrected chi connectivity index (χ0v) is 15.3. The van der Waals surface area contributed by atoms with Crippen molar-refractivity contribution in [3.63, 3.8) is 0 Å². The molecule has 134 valence electrons. The Balaban J connectivity index is 1.89. The summed E-state index contributed by atoms with van der Waals surface area (Å²) in [6.07, 6.45) is -0.0586. The zero-order chi connectivity index (χ0) is 17.7. The van der Waals surface area contributed by atoms with Crippen molar-refractivity contribution in [1.82, 2.24) is 15.1 Å². The van der Waals surface area contributed by atoms with Crippen LogP contribution in [0.3, 0.4) is 0 Å². The minimum absolute atomic E-state index is 0.0216. The van der Waals surface area contributed by atoms with Gasteiger partial charge in [0.15, 0.2) is 0 Å². The van der Waals surface area contributed by atoms with Gasteiger partial charge in [0.25, 0.3) is 0 Å². The fraction of sp³-hybridized carbons (Fsp3) is 0.632. The number of aliphatic hydroxyl groups is 1. The van der Waals surface area contributed by atoms with Crippen LogP contribution < -0.4 is 5.32 Å². The second kappa shape index (κ2) is 8.10. The summed E-state index contributed by atoms with van der Waals surface area (Å²) in [5, 5.41) is 13.4. The van der Waals surface area contributed by atoms with E-state index >= 15 is 0 Å². The number of benzene rings is 1. The van der Waals surface area contributed by atoms with E-state index in [4.69, 9.17) is 0 Å². The van der Waals surface area contributed by atoms with Gasteiger partial charge in [-0.05, 0) is 33.4 Å². The molecule has 5 heteroatoms. The summed E-state index contributed by atoms with van der Waals surface area (Å²) in [5.41, 5.74) is 0.506. The zero-order valence-electron chi connectivity index (χ0n) is 15.3. The molecule has 0 saturated carbocycles. The molecule has 2 unspecified atom stereocenters. The topological polar surface area (TPSA) is 55.8 Å². The summed E-state index contributed by atoms with van der Waals surface area (Å²) in [4.78, 5) is 17.2. The highest BCUT2D eigenvalue weighted by molar-refractivity contribution is 5.85. The van der Waals surface area contributed by atoms with Gasteiger partial charge in [-0.25, -0.2) is 0 Å². The third-order valence-corrected chi connectivity index (χ3v) is 5.07. The van der Waals surface area contributed by atoms with Gasteiger partial charge in [-0.2, -0.15) is 0 Å². The van der Waals surface area contributed by atoms with Crippen LogP contribution in [0.5, 0.6) is 0 Å². The van der Waals surface area contributed by atoms with Gasteiger partial charge in [0, 0.05) is 32.6 Å². The predicted octanol–water partition coefficient (Wildman–Crippen LogP) is 1.12. The predicted molar refractivity (Wildman–Crippen MR) is 96.9 cm³/mol. The third-order valence-electron chi connectivity index (χ3n) is 5.07. The highest BCUT2D eigenvalue weighted by atomic mass is 16.3. The number of nitrogens with one attached hydrogen (secondary N) is 1. The van der Waals surface area contributed by atoms with E-state index in [2.05, 4.69) is 22.2 Å². The maximum Gasteiger partial charge on any atom is 0.240 e. The Kier molecular flexibility index (Phi) is 6.38. The van der Waals surface area contributed by atoms with Crippen molar-refractivity contribution in [1.29, 1.82) is 0 Å². The average molecular weight is 333 g/mol. The second-order valence-electron chi connectivity index (χ2n) is 7.37. The standard InChI is InChI=1S/C19H31N3O2/c1-15(17(23)14-16-8-6-5-7-9-16)20-18(24)19(2,3)22-12-10-21(4)11-13-22/h5-9,15,17,23H,10-14H2,1-4H3,(H,20,24). The van der Waals surface area contributed by atoms with Gasteiger partial charge in [-0.1, -0.05) is 30.3 Å². The lowest BCUT2D eigenvalue weighted by atomic mass is 9.98. The normalized spacial score (nSPS) is 19.7. The van der Waals surface area contributed by atoms with E-state index in [0.717, 1.165) is 31.7 Å². The highest BCUT2D eigenvalue weighted by Gasteiger charge is 2.37. The van der Waals surface area contributed by atoms with E-state index in [1.807, 2.05) is 51.1 Å². The summed E-state index contributed by atoms with van der Waals surface area (Å²) < 4.78 is 0. The van der Waals surface area contributed by atoms with E-state index in [9.17, 15) is 9.90 Å². The quantitative estimate of drug-likeness (QED) is 0.819. The molecule has 0 spiro atoms. The maximum absolute atomic E-state index is 12.7. The number of likely N-dealkylation sites (N-methyl/N-ethyl adjacent to an activating group) is 1. The van der Waals surface area contributed by atoms with Crippen LogP contribution in [0.4, 0.5) is 0 Å². The maximum atomic E-state index is 12.7. The van der Waals surface area contributed by atoms with Crippen LogP contribution in [0, 0.1) is 0 Å². The van der Waals surface area contributed by atoms with Crippen molar-refractivity contribution in [3.8, 4) is 0 Å². The van der Waals surface area contributed by atoms with Crippen LogP contribution in [0.15, 0.2) is 30.3 Å². The number of rotatable bonds is 6. The number of aliphatic hydroxyl groups excluding tert-OH is 1. The first-order valence-corrected chi connectivity index (χ1v) is 8.77. The molecule has 1 amide bonds. The van der Waals surface area contributed by atoms with E-state index in [-0.39, 0.29) is 11.9 Å². The number of hydrogen-bond donors (Lipinski definition) is 2. The molecule has 1 aliphatic heterocycles. The molecule has 24 heavy (non-hydrogen) atoms. The van der Waals surface area contributed by atoms with Crippen LogP contribution >= 0.6 is 0 Å². The molecule has 0 aliphatic carbocycles. The van der Waals surface area contributed by atoms with Crippen molar-refractivity contribution >= 4 is 5.91 Å². The average Bonchev–Trinajstić information content (AvgIpc) is 2.56. The first kappa shape index (κ1) is 18.9. The number of amides is 1.